The molecule has 0 fully saturated rings. The van der Waals surface area contributed by atoms with E-state index in [0.717, 1.165) is 0 Å². The summed E-state index contributed by atoms with van der Waals surface area (Å²) in [6.45, 7) is 16.9. The Morgan fingerprint density at radius 1 is 0.909 bits per heavy atom. The molecule has 0 amide bonds. The molecule has 2 unspecified atom stereocenters. The lowest BCUT2D eigenvalue weighted by molar-refractivity contribution is 0.838. The van der Waals surface area contributed by atoms with Crippen LogP contribution in [0.3, 0.4) is 0 Å². The van der Waals surface area contributed by atoms with Crippen LogP contribution in [-0.2, 0) is 0 Å². The summed E-state index contributed by atoms with van der Waals surface area (Å²) < 4.78 is 0. The molecule has 0 aliphatic heterocycles. The first kappa shape index (κ1) is 15.5. The van der Waals surface area contributed by atoms with Crippen LogP contribution in [0.5, 0.6) is 0 Å². The fourth-order valence-electron chi connectivity index (χ4n) is 5.00. The number of fused-ring (bicyclic) bond motifs is 1. The molecule has 0 heterocycles. The molecule has 2 aliphatic rings. The lowest BCUT2D eigenvalue weighted by Gasteiger charge is -2.37. The highest BCUT2D eigenvalue weighted by Gasteiger charge is 2.44. The van der Waals surface area contributed by atoms with Crippen LogP contribution in [0, 0.1) is 5.92 Å². The van der Waals surface area contributed by atoms with Crippen molar-refractivity contribution in [2.24, 2.45) is 5.92 Å². The summed E-state index contributed by atoms with van der Waals surface area (Å²) in [4.78, 5) is 0. The van der Waals surface area contributed by atoms with E-state index in [-0.39, 0.29) is 0 Å². The molecule has 0 aromatic heterocycles. The lowest BCUT2D eigenvalue weighted by atomic mass is 10.1. The summed E-state index contributed by atoms with van der Waals surface area (Å²) in [6.07, 6.45) is 2.41. The molecule has 3 rings (SSSR count). The maximum absolute atomic E-state index is 2.58. The van der Waals surface area contributed by atoms with Gasteiger partial charge in [0.15, 0.2) is 0 Å². The van der Waals surface area contributed by atoms with Crippen molar-refractivity contribution in [2.45, 2.75) is 53.3 Å². The summed E-state index contributed by atoms with van der Waals surface area (Å²) in [6, 6.07) is 9.00. The average Bonchev–Trinajstić information content (AvgIpc) is 2.89. The Kier molecular flexibility index (Phi) is 3.60. The normalized spacial score (nSPS) is 25.0. The van der Waals surface area contributed by atoms with Gasteiger partial charge in [0.1, 0.15) is 0 Å². The predicted octanol–water partition coefficient (Wildman–Crippen LogP) is 6.28. The fourth-order valence-corrected chi connectivity index (χ4v) is 10.1. The molecule has 1 aromatic carbocycles. The Balaban J connectivity index is 2.11. The van der Waals surface area contributed by atoms with E-state index in [2.05, 4.69) is 78.1 Å². The number of rotatable bonds is 2. The van der Waals surface area contributed by atoms with E-state index >= 15 is 0 Å². The van der Waals surface area contributed by atoms with Crippen LogP contribution in [0.25, 0.3) is 6.08 Å². The largest absolute Gasteiger partial charge is 0.0883 e. The van der Waals surface area contributed by atoms with E-state index in [1.165, 1.54) is 11.1 Å². The highest BCUT2D eigenvalue weighted by atomic mass is 28.3. The van der Waals surface area contributed by atoms with Gasteiger partial charge in [0.2, 0.25) is 0 Å². The highest BCUT2D eigenvalue weighted by Crippen LogP contribution is 2.50. The summed E-state index contributed by atoms with van der Waals surface area (Å²) >= 11 is 0. The van der Waals surface area contributed by atoms with Crippen LogP contribution in [-0.4, -0.2) is 8.07 Å². The van der Waals surface area contributed by atoms with Gasteiger partial charge in [-0.25, -0.2) is 0 Å². The zero-order valence-corrected chi connectivity index (χ0v) is 16.0. The lowest BCUT2D eigenvalue weighted by Crippen LogP contribution is -2.40. The van der Waals surface area contributed by atoms with Crippen molar-refractivity contribution in [2.75, 3.05) is 0 Å². The Labute approximate surface area is 136 Å². The van der Waals surface area contributed by atoms with Crippen LogP contribution in [0.15, 0.2) is 51.8 Å². The van der Waals surface area contributed by atoms with Crippen LogP contribution in [0.1, 0.15) is 51.3 Å². The zero-order chi connectivity index (χ0) is 16.2. The molecule has 2 atom stereocenters. The zero-order valence-electron chi connectivity index (χ0n) is 15.0. The predicted molar refractivity (Wildman–Crippen MR) is 101 cm³/mol. The molecular weight excluding hydrogens is 280 g/mol. The van der Waals surface area contributed by atoms with E-state index in [1.807, 2.05) is 0 Å². The second kappa shape index (κ2) is 5.09. The Bertz CT molecular complexity index is 728. The average molecular weight is 309 g/mol. The van der Waals surface area contributed by atoms with Gasteiger partial charge in [-0.05, 0) is 50.3 Å². The third-order valence-corrected chi connectivity index (χ3v) is 10.6. The minimum absolute atomic E-state index is 0.627. The van der Waals surface area contributed by atoms with Gasteiger partial charge in [0.25, 0.3) is 0 Å². The third kappa shape index (κ3) is 2.02. The van der Waals surface area contributed by atoms with E-state index in [4.69, 9.17) is 0 Å². The van der Waals surface area contributed by atoms with E-state index < -0.39 is 8.07 Å². The summed E-state index contributed by atoms with van der Waals surface area (Å²) in [5, 5.41) is 1.77. The Morgan fingerprint density at radius 3 is 2.14 bits per heavy atom. The van der Waals surface area contributed by atoms with Gasteiger partial charge < -0.3 is 0 Å². The van der Waals surface area contributed by atoms with Gasteiger partial charge in [0, 0.05) is 5.54 Å². The SMILES string of the molecule is CC1=Cc2ccccc2C1[Si](C)(C)C1=C(C)C(C)=C(C)C1C. The first-order chi connectivity index (χ1) is 10.3. The van der Waals surface area contributed by atoms with E-state index in [0.29, 0.717) is 11.5 Å². The fraction of sp³-hybridized carbons (Fsp3) is 0.429. The molecule has 0 N–H and O–H groups in total. The second-order valence-corrected chi connectivity index (χ2v) is 12.3. The number of benzene rings is 1. The Morgan fingerprint density at radius 2 is 1.55 bits per heavy atom. The third-order valence-electron chi connectivity index (χ3n) is 6.20. The minimum atomic E-state index is -1.59. The van der Waals surface area contributed by atoms with Gasteiger partial charge in [0.05, 0.1) is 8.07 Å². The number of allylic oxidation sites excluding steroid dienone is 5. The van der Waals surface area contributed by atoms with Crippen LogP contribution in [0.2, 0.25) is 13.1 Å². The summed E-state index contributed by atoms with van der Waals surface area (Å²) in [7, 11) is -1.59. The first-order valence-electron chi connectivity index (χ1n) is 8.43. The molecule has 0 bridgehead atoms. The minimum Gasteiger partial charge on any atom is -0.0701 e. The molecule has 22 heavy (non-hydrogen) atoms. The van der Waals surface area contributed by atoms with Crippen LogP contribution >= 0.6 is 0 Å². The molecule has 1 aromatic rings. The van der Waals surface area contributed by atoms with Gasteiger partial charge >= 0.3 is 0 Å². The standard InChI is InChI=1S/C21H28Si/c1-13-12-18-10-8-9-11-19(18)20(13)22(6,7)21-16(4)14(2)15(3)17(21)5/h8-12,16,20H,1-7H3. The van der Waals surface area contributed by atoms with Crippen molar-refractivity contribution in [3.05, 3.63) is 62.9 Å². The highest BCUT2D eigenvalue weighted by molar-refractivity contribution is 6.86. The summed E-state index contributed by atoms with van der Waals surface area (Å²) in [5.74, 6) is 0.627. The van der Waals surface area contributed by atoms with E-state index in [9.17, 15) is 0 Å². The van der Waals surface area contributed by atoms with Crippen molar-refractivity contribution >= 4 is 14.1 Å². The topological polar surface area (TPSA) is 0 Å². The second-order valence-electron chi connectivity index (χ2n) is 7.74. The maximum Gasteiger partial charge on any atom is 0.0883 e. The molecule has 2 aliphatic carbocycles. The van der Waals surface area contributed by atoms with Gasteiger partial charge in [-0.3, -0.25) is 0 Å². The van der Waals surface area contributed by atoms with E-state index in [1.54, 1.807) is 27.5 Å². The van der Waals surface area contributed by atoms with Gasteiger partial charge in [-0.15, -0.1) is 0 Å². The molecule has 0 saturated carbocycles. The molecular formula is C21H28Si. The molecule has 1 heteroatoms. The Hall–Kier alpha value is -1.34. The monoisotopic (exact) mass is 308 g/mol. The number of hydrogen-bond acceptors (Lipinski definition) is 0. The quantitative estimate of drug-likeness (QED) is 0.564. The molecule has 116 valence electrons. The van der Waals surface area contributed by atoms with Gasteiger partial charge in [-0.2, -0.15) is 0 Å². The van der Waals surface area contributed by atoms with Crippen LogP contribution in [0.4, 0.5) is 0 Å². The van der Waals surface area contributed by atoms with Crippen molar-refractivity contribution in [3.63, 3.8) is 0 Å². The van der Waals surface area contributed by atoms with Crippen molar-refractivity contribution in [3.8, 4) is 0 Å². The number of hydrogen-bond donors (Lipinski definition) is 0. The molecule has 0 radical (unpaired) electrons. The van der Waals surface area contributed by atoms with Crippen molar-refractivity contribution < 1.29 is 0 Å². The smallest absolute Gasteiger partial charge is 0.0701 e. The summed E-state index contributed by atoms with van der Waals surface area (Å²) in [5.41, 5.74) is 9.90. The first-order valence-corrected chi connectivity index (χ1v) is 11.5. The molecule has 0 spiro atoms. The van der Waals surface area contributed by atoms with Crippen LogP contribution < -0.4 is 0 Å². The molecule has 0 nitrogen and oxygen atoms in total. The van der Waals surface area contributed by atoms with Gasteiger partial charge in [-0.1, -0.05) is 72.3 Å². The molecule has 0 saturated heterocycles. The maximum atomic E-state index is 2.58. The van der Waals surface area contributed by atoms with Crippen molar-refractivity contribution in [1.82, 2.24) is 0 Å². The van der Waals surface area contributed by atoms with Crippen molar-refractivity contribution in [1.29, 1.82) is 0 Å².